The minimum Gasteiger partial charge on any atom is -0.507 e. The van der Waals surface area contributed by atoms with Crippen LogP contribution in [0.15, 0.2) is 18.2 Å². The van der Waals surface area contributed by atoms with Crippen molar-refractivity contribution in [3.8, 4) is 5.75 Å². The van der Waals surface area contributed by atoms with Gasteiger partial charge in [0.25, 0.3) is 5.91 Å². The van der Waals surface area contributed by atoms with Gasteiger partial charge < -0.3 is 15.3 Å². The minimum atomic E-state index is -0.189. The second-order valence-electron chi connectivity index (χ2n) is 5.10. The monoisotopic (exact) mass is 248 g/mol. The molecular formula is C14H20N2O2. The molecule has 2 N–H and O–H groups in total. The van der Waals surface area contributed by atoms with Crippen molar-refractivity contribution in [1.29, 1.82) is 0 Å². The van der Waals surface area contributed by atoms with Crippen molar-refractivity contribution in [3.05, 3.63) is 29.3 Å². The smallest absolute Gasteiger partial charge is 0.255 e. The Bertz CT molecular complexity index is 445. The van der Waals surface area contributed by atoms with Gasteiger partial charge >= 0.3 is 0 Å². The van der Waals surface area contributed by atoms with E-state index in [1.807, 2.05) is 0 Å². The highest BCUT2D eigenvalue weighted by molar-refractivity contribution is 5.97. The molecule has 1 aromatic rings. The van der Waals surface area contributed by atoms with Crippen molar-refractivity contribution < 1.29 is 9.90 Å². The molecule has 1 atom stereocenters. The molecule has 1 saturated heterocycles. The fourth-order valence-electron chi connectivity index (χ4n) is 2.37. The van der Waals surface area contributed by atoms with Crippen LogP contribution in [0.2, 0.25) is 0 Å². The number of nitrogens with zero attached hydrogens (tertiary/aromatic N) is 1. The van der Waals surface area contributed by atoms with Crippen molar-refractivity contribution in [2.45, 2.75) is 13.3 Å². The highest BCUT2D eigenvalue weighted by Crippen LogP contribution is 2.21. The highest BCUT2D eigenvalue weighted by atomic mass is 16.3. The van der Waals surface area contributed by atoms with Gasteiger partial charge in [0.1, 0.15) is 5.75 Å². The minimum absolute atomic E-state index is 0.0820. The fraction of sp³-hybridized carbons (Fsp3) is 0.500. The van der Waals surface area contributed by atoms with Gasteiger partial charge in [0.05, 0.1) is 5.56 Å². The van der Waals surface area contributed by atoms with E-state index in [2.05, 4.69) is 17.3 Å². The Morgan fingerprint density at radius 1 is 1.56 bits per heavy atom. The molecule has 1 aliphatic heterocycles. The predicted octanol–water partition coefficient (Wildman–Crippen LogP) is 1.38. The van der Waals surface area contributed by atoms with Crippen LogP contribution in [0.4, 0.5) is 0 Å². The number of para-hydroxylation sites is 1. The molecule has 0 aromatic heterocycles. The second kappa shape index (κ2) is 5.40. The zero-order chi connectivity index (χ0) is 13.1. The van der Waals surface area contributed by atoms with Gasteiger partial charge in [-0.25, -0.2) is 0 Å². The summed E-state index contributed by atoms with van der Waals surface area (Å²) in [7, 11) is 2.09. The van der Waals surface area contributed by atoms with Gasteiger partial charge in [-0.05, 0) is 44.5 Å². The number of hydrogen-bond acceptors (Lipinski definition) is 3. The first-order valence-electron chi connectivity index (χ1n) is 6.33. The summed E-state index contributed by atoms with van der Waals surface area (Å²) in [6.45, 7) is 4.59. The third-order valence-corrected chi connectivity index (χ3v) is 3.52. The first-order chi connectivity index (χ1) is 8.58. The third kappa shape index (κ3) is 2.82. The number of carbonyl (C=O) groups is 1. The summed E-state index contributed by atoms with van der Waals surface area (Å²) < 4.78 is 0. The number of carbonyl (C=O) groups excluding carboxylic acids is 1. The van der Waals surface area contributed by atoms with E-state index in [0.717, 1.165) is 25.1 Å². The lowest BCUT2D eigenvalue weighted by Gasteiger charge is -2.12. The zero-order valence-electron chi connectivity index (χ0n) is 10.9. The molecule has 1 amide bonds. The zero-order valence-corrected chi connectivity index (χ0v) is 10.9. The molecule has 0 bridgehead atoms. The molecule has 1 aromatic carbocycles. The number of phenolic OH excluding ortho intramolecular Hbond substituents is 1. The molecule has 0 saturated carbocycles. The number of benzene rings is 1. The van der Waals surface area contributed by atoms with Crippen molar-refractivity contribution in [2.75, 3.05) is 26.7 Å². The Labute approximate surface area is 108 Å². The molecular weight excluding hydrogens is 228 g/mol. The van der Waals surface area contributed by atoms with Gasteiger partial charge in [-0.2, -0.15) is 0 Å². The molecule has 4 heteroatoms. The van der Waals surface area contributed by atoms with Crippen LogP contribution in [-0.2, 0) is 0 Å². The standard InChI is InChI=1S/C14H20N2O2/c1-10-4-3-5-12(13(10)17)14(18)15-8-11-6-7-16(2)9-11/h3-5,11,17H,6-9H2,1-2H3,(H,15,18). The van der Waals surface area contributed by atoms with Crippen molar-refractivity contribution in [1.82, 2.24) is 10.2 Å². The van der Waals surface area contributed by atoms with Crippen LogP contribution in [0, 0.1) is 12.8 Å². The largest absolute Gasteiger partial charge is 0.507 e. The van der Waals surface area contributed by atoms with Crippen LogP contribution in [0.1, 0.15) is 22.3 Å². The molecule has 2 rings (SSSR count). The molecule has 18 heavy (non-hydrogen) atoms. The number of amides is 1. The summed E-state index contributed by atoms with van der Waals surface area (Å²) >= 11 is 0. The number of rotatable bonds is 3. The number of phenols is 1. The van der Waals surface area contributed by atoms with E-state index >= 15 is 0 Å². The number of aromatic hydroxyl groups is 1. The Balaban J connectivity index is 1.94. The summed E-state index contributed by atoms with van der Waals surface area (Å²) in [4.78, 5) is 14.2. The fourth-order valence-corrected chi connectivity index (χ4v) is 2.37. The Morgan fingerprint density at radius 3 is 3.00 bits per heavy atom. The second-order valence-corrected chi connectivity index (χ2v) is 5.10. The lowest BCUT2D eigenvalue weighted by molar-refractivity contribution is 0.0944. The van der Waals surface area contributed by atoms with Crippen molar-refractivity contribution >= 4 is 5.91 Å². The van der Waals surface area contributed by atoms with Crippen LogP contribution in [0.3, 0.4) is 0 Å². The Kier molecular flexibility index (Phi) is 3.87. The maximum atomic E-state index is 12.0. The summed E-state index contributed by atoms with van der Waals surface area (Å²) in [5, 5.41) is 12.7. The maximum absolute atomic E-state index is 12.0. The molecule has 1 heterocycles. The summed E-state index contributed by atoms with van der Waals surface area (Å²) in [6, 6.07) is 5.23. The van der Waals surface area contributed by atoms with Gasteiger partial charge in [-0.1, -0.05) is 12.1 Å². The number of likely N-dealkylation sites (tertiary alicyclic amines) is 1. The Morgan fingerprint density at radius 2 is 2.33 bits per heavy atom. The van der Waals surface area contributed by atoms with Crippen LogP contribution < -0.4 is 5.32 Å². The topological polar surface area (TPSA) is 52.6 Å². The predicted molar refractivity (Wildman–Crippen MR) is 70.8 cm³/mol. The molecule has 0 spiro atoms. The number of aryl methyl sites for hydroxylation is 1. The number of nitrogens with one attached hydrogen (secondary N) is 1. The molecule has 98 valence electrons. The SMILES string of the molecule is Cc1cccc(C(=O)NCC2CCN(C)C2)c1O. The van der Waals surface area contributed by atoms with E-state index in [0.29, 0.717) is 18.0 Å². The molecule has 1 unspecified atom stereocenters. The molecule has 4 nitrogen and oxygen atoms in total. The summed E-state index contributed by atoms with van der Waals surface area (Å²) in [6.07, 6.45) is 1.12. The van der Waals surface area contributed by atoms with Gasteiger partial charge in [0.15, 0.2) is 0 Å². The van der Waals surface area contributed by atoms with E-state index < -0.39 is 0 Å². The van der Waals surface area contributed by atoms with E-state index in [1.54, 1.807) is 25.1 Å². The first-order valence-corrected chi connectivity index (χ1v) is 6.33. The number of hydrogen-bond donors (Lipinski definition) is 2. The van der Waals surface area contributed by atoms with Crippen LogP contribution in [-0.4, -0.2) is 42.6 Å². The van der Waals surface area contributed by atoms with Gasteiger partial charge in [0.2, 0.25) is 0 Å². The van der Waals surface area contributed by atoms with E-state index in [1.165, 1.54) is 0 Å². The highest BCUT2D eigenvalue weighted by Gasteiger charge is 2.20. The van der Waals surface area contributed by atoms with Gasteiger partial charge in [-0.15, -0.1) is 0 Å². The van der Waals surface area contributed by atoms with Crippen LogP contribution in [0.5, 0.6) is 5.75 Å². The van der Waals surface area contributed by atoms with Gasteiger partial charge in [-0.3, -0.25) is 4.79 Å². The van der Waals surface area contributed by atoms with Crippen LogP contribution >= 0.6 is 0 Å². The molecule has 0 radical (unpaired) electrons. The quantitative estimate of drug-likeness (QED) is 0.849. The molecule has 1 aliphatic rings. The van der Waals surface area contributed by atoms with E-state index in [-0.39, 0.29) is 11.7 Å². The third-order valence-electron chi connectivity index (χ3n) is 3.52. The van der Waals surface area contributed by atoms with Crippen molar-refractivity contribution in [2.24, 2.45) is 5.92 Å². The summed E-state index contributed by atoms with van der Waals surface area (Å²) in [5.74, 6) is 0.412. The average molecular weight is 248 g/mol. The van der Waals surface area contributed by atoms with E-state index in [9.17, 15) is 9.90 Å². The Hall–Kier alpha value is -1.55. The normalized spacial score (nSPS) is 20.0. The molecule has 1 fully saturated rings. The van der Waals surface area contributed by atoms with E-state index in [4.69, 9.17) is 0 Å². The van der Waals surface area contributed by atoms with Gasteiger partial charge in [0, 0.05) is 13.1 Å². The maximum Gasteiger partial charge on any atom is 0.255 e. The lowest BCUT2D eigenvalue weighted by atomic mass is 10.1. The summed E-state index contributed by atoms with van der Waals surface area (Å²) in [5.41, 5.74) is 1.09. The average Bonchev–Trinajstić information content (AvgIpc) is 2.76. The lowest BCUT2D eigenvalue weighted by Crippen LogP contribution is -2.30. The first kappa shape index (κ1) is 12.9. The van der Waals surface area contributed by atoms with Crippen molar-refractivity contribution in [3.63, 3.8) is 0 Å². The van der Waals surface area contributed by atoms with Crippen LogP contribution in [0.25, 0.3) is 0 Å². The molecule has 0 aliphatic carbocycles.